The highest BCUT2D eigenvalue weighted by atomic mass is 16.3. The number of hydrogen-bond acceptors (Lipinski definition) is 3. The van der Waals surface area contributed by atoms with Crippen LogP contribution in [0.15, 0.2) is 24.3 Å². The Morgan fingerprint density at radius 2 is 2.19 bits per heavy atom. The molecule has 16 heavy (non-hydrogen) atoms. The number of aromatic amines is 1. The molecule has 2 rings (SSSR count). The van der Waals surface area contributed by atoms with E-state index in [0.29, 0.717) is 5.82 Å². The number of nitrogens with zero attached hydrogens (tertiary/aromatic N) is 1. The summed E-state index contributed by atoms with van der Waals surface area (Å²) in [6, 6.07) is 6.94. The lowest BCUT2D eigenvalue weighted by Gasteiger charge is -2.00. The van der Waals surface area contributed by atoms with Crippen molar-refractivity contribution in [3.8, 4) is 17.0 Å². The van der Waals surface area contributed by atoms with Gasteiger partial charge in [0.1, 0.15) is 18.2 Å². The lowest BCUT2D eigenvalue weighted by Crippen LogP contribution is -1.85. The average Bonchev–Trinajstić information content (AvgIpc) is 2.72. The Kier molecular flexibility index (Phi) is 2.92. The Bertz CT molecular complexity index is 492. The largest absolute Gasteiger partial charge is 0.508 e. The van der Waals surface area contributed by atoms with Crippen molar-refractivity contribution < 1.29 is 10.2 Å². The molecule has 0 saturated carbocycles. The van der Waals surface area contributed by atoms with Crippen LogP contribution in [0.2, 0.25) is 0 Å². The van der Waals surface area contributed by atoms with Gasteiger partial charge in [-0.05, 0) is 18.6 Å². The summed E-state index contributed by atoms with van der Waals surface area (Å²) < 4.78 is 0. The predicted octanol–water partition coefficient (Wildman–Crippen LogP) is 1.84. The molecule has 84 valence electrons. The highest BCUT2D eigenvalue weighted by Crippen LogP contribution is 2.25. The molecular weight excluding hydrogens is 204 g/mol. The number of hydrogen-bond donors (Lipinski definition) is 3. The van der Waals surface area contributed by atoms with Gasteiger partial charge in [0.2, 0.25) is 0 Å². The first-order valence-electron chi connectivity index (χ1n) is 5.22. The first-order chi connectivity index (χ1) is 7.74. The number of benzene rings is 1. The van der Waals surface area contributed by atoms with Gasteiger partial charge in [0.25, 0.3) is 0 Å². The maximum Gasteiger partial charge on any atom is 0.132 e. The van der Waals surface area contributed by atoms with Crippen LogP contribution in [-0.2, 0) is 13.0 Å². The van der Waals surface area contributed by atoms with Crippen molar-refractivity contribution in [2.45, 2.75) is 20.0 Å². The predicted molar refractivity (Wildman–Crippen MR) is 61.0 cm³/mol. The zero-order valence-electron chi connectivity index (χ0n) is 9.07. The third-order valence-corrected chi connectivity index (χ3v) is 2.45. The molecule has 1 aromatic heterocycles. The van der Waals surface area contributed by atoms with Crippen molar-refractivity contribution in [1.82, 2.24) is 9.97 Å². The number of rotatable bonds is 3. The number of aryl methyl sites for hydroxylation is 1. The second-order valence-electron chi connectivity index (χ2n) is 3.57. The Labute approximate surface area is 93.6 Å². The Hall–Kier alpha value is -1.81. The molecule has 0 aliphatic carbocycles. The zero-order chi connectivity index (χ0) is 11.5. The number of H-pyrrole nitrogens is 1. The number of nitrogens with one attached hydrogen (secondary N) is 1. The van der Waals surface area contributed by atoms with E-state index in [9.17, 15) is 5.11 Å². The number of aromatic hydroxyl groups is 1. The topological polar surface area (TPSA) is 69.1 Å². The van der Waals surface area contributed by atoms with Crippen LogP contribution in [0.5, 0.6) is 5.75 Å². The Morgan fingerprint density at radius 1 is 1.38 bits per heavy atom. The molecule has 3 N–H and O–H groups in total. The molecule has 0 spiro atoms. The van der Waals surface area contributed by atoms with Crippen molar-refractivity contribution in [3.63, 3.8) is 0 Å². The van der Waals surface area contributed by atoms with Crippen LogP contribution in [0.3, 0.4) is 0 Å². The molecule has 1 aromatic carbocycles. The summed E-state index contributed by atoms with van der Waals surface area (Å²) in [5.74, 6) is 0.767. The number of aliphatic hydroxyl groups is 1. The van der Waals surface area contributed by atoms with E-state index in [4.69, 9.17) is 5.11 Å². The van der Waals surface area contributed by atoms with Crippen LogP contribution in [0, 0.1) is 0 Å². The van der Waals surface area contributed by atoms with E-state index in [-0.39, 0.29) is 12.4 Å². The highest BCUT2D eigenvalue weighted by Gasteiger charge is 2.10. The fraction of sp³-hybridized carbons (Fsp3) is 0.250. The molecule has 2 aromatic rings. The molecule has 1 heterocycles. The van der Waals surface area contributed by atoms with Gasteiger partial charge in [-0.25, -0.2) is 4.98 Å². The quantitative estimate of drug-likeness (QED) is 0.736. The van der Waals surface area contributed by atoms with Gasteiger partial charge in [0.05, 0.1) is 5.69 Å². The molecule has 0 aliphatic rings. The lowest BCUT2D eigenvalue weighted by molar-refractivity contribution is 0.272. The minimum absolute atomic E-state index is 0.105. The third-order valence-electron chi connectivity index (χ3n) is 2.45. The number of aromatic nitrogens is 2. The first-order valence-corrected chi connectivity index (χ1v) is 5.22. The van der Waals surface area contributed by atoms with Crippen molar-refractivity contribution >= 4 is 0 Å². The van der Waals surface area contributed by atoms with Crippen molar-refractivity contribution in [2.75, 3.05) is 0 Å². The molecule has 0 amide bonds. The van der Waals surface area contributed by atoms with Crippen LogP contribution in [0.4, 0.5) is 0 Å². The van der Waals surface area contributed by atoms with E-state index in [1.54, 1.807) is 18.2 Å². The highest BCUT2D eigenvalue weighted by molar-refractivity contribution is 5.63. The summed E-state index contributed by atoms with van der Waals surface area (Å²) >= 11 is 0. The number of aliphatic hydroxyl groups excluding tert-OH is 1. The SMILES string of the molecule is CCc1[nH]c(CO)nc1-c1cccc(O)c1. The molecule has 4 heteroatoms. The fourth-order valence-electron chi connectivity index (χ4n) is 1.69. The molecule has 0 saturated heterocycles. The minimum atomic E-state index is -0.105. The summed E-state index contributed by atoms with van der Waals surface area (Å²) in [4.78, 5) is 7.35. The Balaban J connectivity index is 2.50. The first kappa shape index (κ1) is 10.7. The van der Waals surface area contributed by atoms with Gasteiger partial charge in [-0.3, -0.25) is 0 Å². The van der Waals surface area contributed by atoms with Crippen LogP contribution < -0.4 is 0 Å². The second-order valence-corrected chi connectivity index (χ2v) is 3.57. The standard InChI is InChI=1S/C12H14N2O2/c1-2-10-12(14-11(7-15)13-10)8-4-3-5-9(16)6-8/h3-6,15-16H,2,7H2,1H3,(H,13,14). The van der Waals surface area contributed by atoms with E-state index in [1.807, 2.05) is 13.0 Å². The summed E-state index contributed by atoms with van der Waals surface area (Å²) in [6.45, 7) is 1.91. The van der Waals surface area contributed by atoms with Gasteiger partial charge in [-0.2, -0.15) is 0 Å². The minimum Gasteiger partial charge on any atom is -0.508 e. The third kappa shape index (κ3) is 1.92. The summed E-state index contributed by atoms with van der Waals surface area (Å²) in [5.41, 5.74) is 2.62. The van der Waals surface area contributed by atoms with Crippen LogP contribution in [0.25, 0.3) is 11.3 Å². The summed E-state index contributed by atoms with van der Waals surface area (Å²) in [6.07, 6.45) is 0.804. The smallest absolute Gasteiger partial charge is 0.132 e. The molecule has 0 fully saturated rings. The maximum atomic E-state index is 9.41. The van der Waals surface area contributed by atoms with Crippen LogP contribution >= 0.6 is 0 Å². The van der Waals surface area contributed by atoms with Gasteiger partial charge in [-0.15, -0.1) is 0 Å². The van der Waals surface area contributed by atoms with E-state index < -0.39 is 0 Å². The molecule has 0 atom stereocenters. The van der Waals surface area contributed by atoms with Crippen LogP contribution in [-0.4, -0.2) is 20.2 Å². The summed E-state index contributed by atoms with van der Waals surface area (Å²) in [7, 11) is 0. The fourth-order valence-corrected chi connectivity index (χ4v) is 1.69. The Morgan fingerprint density at radius 3 is 2.81 bits per heavy atom. The summed E-state index contributed by atoms with van der Waals surface area (Å²) in [5, 5.41) is 18.4. The molecule has 0 bridgehead atoms. The van der Waals surface area contributed by atoms with Gasteiger partial charge in [0.15, 0.2) is 0 Å². The second kappa shape index (κ2) is 4.37. The average molecular weight is 218 g/mol. The van der Waals surface area contributed by atoms with Gasteiger partial charge >= 0.3 is 0 Å². The van der Waals surface area contributed by atoms with Gasteiger partial charge in [-0.1, -0.05) is 19.1 Å². The molecule has 0 unspecified atom stereocenters. The monoisotopic (exact) mass is 218 g/mol. The van der Waals surface area contributed by atoms with Crippen molar-refractivity contribution in [1.29, 1.82) is 0 Å². The van der Waals surface area contributed by atoms with Crippen molar-refractivity contribution in [2.24, 2.45) is 0 Å². The number of imidazole rings is 1. The van der Waals surface area contributed by atoms with Gasteiger partial charge in [0, 0.05) is 11.3 Å². The maximum absolute atomic E-state index is 9.41. The molecule has 4 nitrogen and oxygen atoms in total. The zero-order valence-corrected chi connectivity index (χ0v) is 9.07. The van der Waals surface area contributed by atoms with Crippen molar-refractivity contribution in [3.05, 3.63) is 35.8 Å². The van der Waals surface area contributed by atoms with E-state index in [2.05, 4.69) is 9.97 Å². The molecule has 0 aliphatic heterocycles. The molecular formula is C12H14N2O2. The van der Waals surface area contributed by atoms with E-state index in [1.165, 1.54) is 0 Å². The molecule has 0 radical (unpaired) electrons. The van der Waals surface area contributed by atoms with E-state index >= 15 is 0 Å². The van der Waals surface area contributed by atoms with E-state index in [0.717, 1.165) is 23.4 Å². The normalized spacial score (nSPS) is 10.6. The number of phenolic OH excluding ortho intramolecular Hbond substituents is 1. The van der Waals surface area contributed by atoms with Crippen LogP contribution in [0.1, 0.15) is 18.4 Å². The lowest BCUT2D eigenvalue weighted by atomic mass is 10.1. The van der Waals surface area contributed by atoms with Gasteiger partial charge < -0.3 is 15.2 Å². The number of phenols is 1.